The van der Waals surface area contributed by atoms with Crippen LogP contribution in [0.5, 0.6) is 0 Å². The van der Waals surface area contributed by atoms with E-state index < -0.39 is 11.9 Å². The molecule has 33 heavy (non-hydrogen) atoms. The first-order valence-corrected chi connectivity index (χ1v) is 11.5. The number of nitrogens with one attached hydrogen (secondary N) is 2. The molecule has 2 N–H and O–H groups in total. The Morgan fingerprint density at radius 2 is 2.00 bits per heavy atom. The molecule has 1 aliphatic rings. The summed E-state index contributed by atoms with van der Waals surface area (Å²) in [6.07, 6.45) is 1.52. The van der Waals surface area contributed by atoms with E-state index in [1.807, 2.05) is 0 Å². The van der Waals surface area contributed by atoms with Crippen LogP contribution < -0.4 is 10.6 Å². The van der Waals surface area contributed by atoms with Gasteiger partial charge >= 0.3 is 6.18 Å². The summed E-state index contributed by atoms with van der Waals surface area (Å²) >= 11 is 11.8. The van der Waals surface area contributed by atoms with Crippen LogP contribution in [0, 0.1) is 0 Å². The quantitative estimate of drug-likeness (QED) is 0.439. The number of alkyl halides is 4. The average molecular weight is 500 g/mol. The molecule has 0 radical (unpaired) electrons. The van der Waals surface area contributed by atoms with Crippen LogP contribution in [0.1, 0.15) is 41.7 Å². The Balaban J connectivity index is 1.49. The number of halogens is 5. The van der Waals surface area contributed by atoms with E-state index in [1.165, 1.54) is 18.3 Å². The minimum atomic E-state index is -4.57. The highest BCUT2D eigenvalue weighted by Crippen LogP contribution is 2.35. The Morgan fingerprint density at radius 1 is 1.21 bits per heavy atom. The minimum Gasteiger partial charge on any atom is -0.382 e. The van der Waals surface area contributed by atoms with Crippen molar-refractivity contribution in [2.24, 2.45) is 0 Å². The molecule has 2 aromatic heterocycles. The Labute approximate surface area is 198 Å². The van der Waals surface area contributed by atoms with Crippen molar-refractivity contribution in [1.82, 2.24) is 20.1 Å². The fourth-order valence-corrected chi connectivity index (χ4v) is 4.44. The molecule has 2 atom stereocenters. The number of pyridine rings is 1. The minimum absolute atomic E-state index is 0.112. The predicted octanol–water partition coefficient (Wildman–Crippen LogP) is 5.50. The summed E-state index contributed by atoms with van der Waals surface area (Å²) in [5, 5.41) is 11.3. The van der Waals surface area contributed by atoms with Gasteiger partial charge in [0.1, 0.15) is 5.69 Å². The lowest BCUT2D eigenvalue weighted by Crippen LogP contribution is -2.41. The van der Waals surface area contributed by atoms with Crippen LogP contribution in [0.4, 0.5) is 18.9 Å². The zero-order chi connectivity index (χ0) is 23.6. The smallest absolute Gasteiger partial charge is 0.382 e. The second-order valence-electron chi connectivity index (χ2n) is 8.07. The molecule has 176 valence electrons. The number of carbonyl (C=O) groups excluding carboxylic acids is 1. The third kappa shape index (κ3) is 5.70. The number of benzene rings is 1. The highest BCUT2D eigenvalue weighted by molar-refractivity contribution is 6.31. The van der Waals surface area contributed by atoms with Crippen molar-refractivity contribution in [1.29, 1.82) is 0 Å². The van der Waals surface area contributed by atoms with Gasteiger partial charge in [-0.15, -0.1) is 11.6 Å². The zero-order valence-electron chi connectivity index (χ0n) is 17.5. The first kappa shape index (κ1) is 23.6. The van der Waals surface area contributed by atoms with Crippen molar-refractivity contribution < 1.29 is 18.0 Å². The molecule has 1 amide bonds. The van der Waals surface area contributed by atoms with E-state index in [2.05, 4.69) is 20.7 Å². The predicted molar refractivity (Wildman–Crippen MR) is 122 cm³/mol. The molecule has 0 bridgehead atoms. The van der Waals surface area contributed by atoms with Crippen molar-refractivity contribution in [3.63, 3.8) is 0 Å². The molecular formula is C22H22Cl2F3N5O. The topological polar surface area (TPSA) is 71.8 Å². The van der Waals surface area contributed by atoms with Crippen LogP contribution in [0.3, 0.4) is 0 Å². The summed E-state index contributed by atoms with van der Waals surface area (Å²) in [6.45, 7) is 0.508. The molecule has 1 aromatic carbocycles. The fraction of sp³-hybridized carbons (Fsp3) is 0.409. The van der Waals surface area contributed by atoms with E-state index in [0.29, 0.717) is 40.5 Å². The van der Waals surface area contributed by atoms with Crippen LogP contribution in [0.25, 0.3) is 10.9 Å². The van der Waals surface area contributed by atoms with Gasteiger partial charge in [0.25, 0.3) is 5.91 Å². The maximum absolute atomic E-state index is 13.4. The highest BCUT2D eigenvalue weighted by atomic mass is 35.5. The third-order valence-electron chi connectivity index (χ3n) is 5.64. The van der Waals surface area contributed by atoms with E-state index in [-0.39, 0.29) is 23.5 Å². The molecule has 6 nitrogen and oxygen atoms in total. The third-order valence-corrected chi connectivity index (χ3v) is 6.04. The summed E-state index contributed by atoms with van der Waals surface area (Å²) in [5.74, 6) is 0.158. The number of aryl methyl sites for hydroxylation is 1. The van der Waals surface area contributed by atoms with Gasteiger partial charge < -0.3 is 10.6 Å². The van der Waals surface area contributed by atoms with Gasteiger partial charge in [-0.05, 0) is 49.9 Å². The molecule has 2 heterocycles. The second kappa shape index (κ2) is 9.77. The lowest BCUT2D eigenvalue weighted by atomic mass is 9.90. The van der Waals surface area contributed by atoms with Crippen molar-refractivity contribution >= 4 is 45.7 Å². The molecular weight excluding hydrogens is 478 g/mol. The number of amides is 1. The van der Waals surface area contributed by atoms with Crippen LogP contribution >= 0.6 is 23.2 Å². The number of rotatable bonds is 6. The molecule has 11 heteroatoms. The van der Waals surface area contributed by atoms with Crippen LogP contribution in [0.15, 0.2) is 36.7 Å². The number of carbonyl (C=O) groups is 1. The monoisotopic (exact) mass is 499 g/mol. The first-order valence-electron chi connectivity index (χ1n) is 10.6. The molecule has 1 saturated carbocycles. The maximum Gasteiger partial charge on any atom is 0.433 e. The van der Waals surface area contributed by atoms with Crippen molar-refractivity contribution in [3.05, 3.63) is 52.9 Å². The van der Waals surface area contributed by atoms with Crippen LogP contribution in [-0.2, 0) is 12.7 Å². The normalized spacial score (nSPS) is 18.9. The van der Waals surface area contributed by atoms with Gasteiger partial charge in [0.05, 0.1) is 23.8 Å². The van der Waals surface area contributed by atoms with Gasteiger partial charge in [0.15, 0.2) is 0 Å². The van der Waals surface area contributed by atoms with Gasteiger partial charge in [-0.2, -0.15) is 18.3 Å². The van der Waals surface area contributed by atoms with Crippen molar-refractivity contribution in [3.8, 4) is 0 Å². The molecule has 0 unspecified atom stereocenters. The second-order valence-corrected chi connectivity index (χ2v) is 8.89. The van der Waals surface area contributed by atoms with E-state index in [1.54, 1.807) is 16.9 Å². The molecule has 0 saturated heterocycles. The molecule has 3 aromatic rings. The number of fused-ring (bicyclic) bond motifs is 1. The molecule has 0 spiro atoms. The zero-order valence-corrected chi connectivity index (χ0v) is 19.0. The standard InChI is InChI=1S/C22H22Cl2F3N5O/c23-6-7-32-12-13(11-28-32)21(33)30-16-3-1-2-15(9-16)29-19-10-20(22(25,26)27)31-18-5-4-14(24)8-17(18)19/h4-5,8,10-12,15-16H,1-3,6-7,9H2,(H,29,31)(H,30,33)/t15-,16+/m0/s1. The Kier molecular flexibility index (Phi) is 6.99. The van der Waals surface area contributed by atoms with Crippen LogP contribution in [-0.4, -0.2) is 38.6 Å². The SMILES string of the molecule is O=C(N[C@@H]1CCC[C@H](Nc2cc(C(F)(F)F)nc3ccc(Cl)cc23)C1)c1cnn(CCCl)c1. The van der Waals surface area contributed by atoms with Crippen LogP contribution in [0.2, 0.25) is 5.02 Å². The van der Waals surface area contributed by atoms with Gasteiger partial charge in [0.2, 0.25) is 0 Å². The summed E-state index contributed by atoms with van der Waals surface area (Å²) in [5.41, 5.74) is 0.0229. The van der Waals surface area contributed by atoms with E-state index in [9.17, 15) is 18.0 Å². The highest BCUT2D eigenvalue weighted by Gasteiger charge is 2.34. The van der Waals surface area contributed by atoms with Gasteiger partial charge in [-0.1, -0.05) is 11.6 Å². The Morgan fingerprint density at radius 3 is 2.76 bits per heavy atom. The number of aromatic nitrogens is 3. The van der Waals surface area contributed by atoms with Gasteiger partial charge in [0, 0.05) is 40.3 Å². The Bertz CT molecular complexity index is 1150. The van der Waals surface area contributed by atoms with Crippen molar-refractivity contribution in [2.45, 2.75) is 50.5 Å². The fourth-order valence-electron chi connectivity index (χ4n) is 4.09. The van der Waals surface area contributed by atoms with Gasteiger partial charge in [-0.25, -0.2) is 4.98 Å². The lowest BCUT2D eigenvalue weighted by molar-refractivity contribution is -0.140. The number of anilines is 1. The molecule has 0 aliphatic heterocycles. The van der Waals surface area contributed by atoms with E-state index in [4.69, 9.17) is 23.2 Å². The van der Waals surface area contributed by atoms with E-state index in [0.717, 1.165) is 25.3 Å². The van der Waals surface area contributed by atoms with Crippen molar-refractivity contribution in [2.75, 3.05) is 11.2 Å². The summed E-state index contributed by atoms with van der Waals surface area (Å²) < 4.78 is 41.8. The first-order chi connectivity index (χ1) is 15.7. The number of hydrogen-bond acceptors (Lipinski definition) is 4. The average Bonchev–Trinajstić information content (AvgIpc) is 3.23. The largest absolute Gasteiger partial charge is 0.433 e. The van der Waals surface area contributed by atoms with E-state index >= 15 is 0 Å². The summed E-state index contributed by atoms with van der Waals surface area (Å²) in [6, 6.07) is 5.39. The summed E-state index contributed by atoms with van der Waals surface area (Å²) in [4.78, 5) is 16.3. The Hall–Kier alpha value is -2.52. The summed E-state index contributed by atoms with van der Waals surface area (Å²) in [7, 11) is 0. The maximum atomic E-state index is 13.4. The molecule has 1 fully saturated rings. The molecule has 1 aliphatic carbocycles. The van der Waals surface area contributed by atoms with Gasteiger partial charge in [-0.3, -0.25) is 9.48 Å². The number of hydrogen-bond donors (Lipinski definition) is 2. The lowest BCUT2D eigenvalue weighted by Gasteiger charge is -2.31. The number of nitrogens with zero attached hydrogens (tertiary/aromatic N) is 3. The molecule has 4 rings (SSSR count).